The van der Waals surface area contributed by atoms with Crippen molar-refractivity contribution in [3.63, 3.8) is 0 Å². The van der Waals surface area contributed by atoms with E-state index in [0.29, 0.717) is 34.9 Å². The molecule has 2 aromatic rings. The molecule has 0 aliphatic carbocycles. The van der Waals surface area contributed by atoms with Crippen molar-refractivity contribution < 1.29 is 22.7 Å². The first-order valence-electron chi connectivity index (χ1n) is 10.4. The van der Waals surface area contributed by atoms with Crippen molar-refractivity contribution in [3.05, 3.63) is 42.0 Å². The van der Waals surface area contributed by atoms with Crippen LogP contribution >= 0.6 is 0 Å². The van der Waals surface area contributed by atoms with Crippen molar-refractivity contribution in [1.29, 1.82) is 0 Å². The second-order valence-corrected chi connectivity index (χ2v) is 10.2. The van der Waals surface area contributed by atoms with Crippen LogP contribution in [0.1, 0.15) is 39.7 Å². The monoisotopic (exact) mass is 459 g/mol. The SMILES string of the molecule is CCCN1C(=O)C(C)(C)COc2ccc(NS(=O)(=O)c3ccc(NC(C)=O)cc3C)cc21. The molecular weight excluding hydrogens is 430 g/mol. The van der Waals surface area contributed by atoms with Gasteiger partial charge in [-0.15, -0.1) is 0 Å². The van der Waals surface area contributed by atoms with E-state index < -0.39 is 15.4 Å². The van der Waals surface area contributed by atoms with Gasteiger partial charge in [0.2, 0.25) is 11.8 Å². The van der Waals surface area contributed by atoms with E-state index >= 15 is 0 Å². The van der Waals surface area contributed by atoms with Crippen LogP contribution in [0.5, 0.6) is 5.75 Å². The van der Waals surface area contributed by atoms with E-state index in [4.69, 9.17) is 4.74 Å². The van der Waals surface area contributed by atoms with Gasteiger partial charge in [0.15, 0.2) is 0 Å². The van der Waals surface area contributed by atoms with Crippen LogP contribution in [0.15, 0.2) is 41.3 Å². The second kappa shape index (κ2) is 8.82. The fraction of sp³-hybridized carbons (Fsp3) is 0.391. The number of hydrogen-bond acceptors (Lipinski definition) is 5. The largest absolute Gasteiger partial charge is 0.490 e. The number of hydrogen-bond donors (Lipinski definition) is 2. The number of nitrogens with zero attached hydrogens (tertiary/aromatic N) is 1. The summed E-state index contributed by atoms with van der Waals surface area (Å²) in [6.45, 7) is 9.43. The molecule has 0 atom stereocenters. The van der Waals surface area contributed by atoms with Gasteiger partial charge in [0.25, 0.3) is 10.0 Å². The summed E-state index contributed by atoms with van der Waals surface area (Å²) in [4.78, 5) is 26.1. The molecule has 8 nitrogen and oxygen atoms in total. The van der Waals surface area contributed by atoms with Gasteiger partial charge in [0.1, 0.15) is 12.4 Å². The third-order valence-electron chi connectivity index (χ3n) is 5.15. The number of benzene rings is 2. The van der Waals surface area contributed by atoms with E-state index in [-0.39, 0.29) is 23.3 Å². The van der Waals surface area contributed by atoms with Gasteiger partial charge < -0.3 is 15.0 Å². The number of ether oxygens (including phenoxy) is 1. The Morgan fingerprint density at radius 1 is 1.16 bits per heavy atom. The molecule has 2 N–H and O–H groups in total. The van der Waals surface area contributed by atoms with Gasteiger partial charge >= 0.3 is 0 Å². The molecule has 3 rings (SSSR count). The van der Waals surface area contributed by atoms with Crippen LogP contribution in [0.3, 0.4) is 0 Å². The maximum Gasteiger partial charge on any atom is 0.262 e. The predicted molar refractivity (Wildman–Crippen MR) is 125 cm³/mol. The Hall–Kier alpha value is -3.07. The van der Waals surface area contributed by atoms with Gasteiger partial charge in [0, 0.05) is 19.2 Å². The van der Waals surface area contributed by atoms with E-state index in [1.54, 1.807) is 36.1 Å². The average Bonchev–Trinajstić information content (AvgIpc) is 2.77. The predicted octanol–water partition coefficient (Wildman–Crippen LogP) is 3.92. The molecule has 2 amide bonds. The summed E-state index contributed by atoms with van der Waals surface area (Å²) >= 11 is 0. The molecule has 1 aliphatic heterocycles. The summed E-state index contributed by atoms with van der Waals surface area (Å²) < 4.78 is 34.6. The molecule has 2 aromatic carbocycles. The van der Waals surface area contributed by atoms with Gasteiger partial charge in [-0.05, 0) is 69.2 Å². The highest BCUT2D eigenvalue weighted by atomic mass is 32.2. The summed E-state index contributed by atoms with van der Waals surface area (Å²) in [5, 5.41) is 2.64. The number of sulfonamides is 1. The number of fused-ring (bicyclic) bond motifs is 1. The molecule has 0 saturated heterocycles. The zero-order chi connectivity index (χ0) is 23.7. The maximum atomic E-state index is 13.1. The Balaban J connectivity index is 1.95. The van der Waals surface area contributed by atoms with Gasteiger partial charge in [-0.25, -0.2) is 8.42 Å². The van der Waals surface area contributed by atoms with Crippen molar-refractivity contribution >= 4 is 38.9 Å². The minimum atomic E-state index is -3.90. The zero-order valence-corrected chi connectivity index (χ0v) is 19.8. The summed E-state index contributed by atoms with van der Waals surface area (Å²) in [7, 11) is -3.90. The summed E-state index contributed by atoms with van der Waals surface area (Å²) in [6.07, 6.45) is 0.747. The van der Waals surface area contributed by atoms with Crippen molar-refractivity contribution in [2.24, 2.45) is 5.41 Å². The lowest BCUT2D eigenvalue weighted by Crippen LogP contribution is -2.42. The quantitative estimate of drug-likeness (QED) is 0.681. The molecule has 1 aliphatic rings. The fourth-order valence-electron chi connectivity index (χ4n) is 3.60. The first-order valence-corrected chi connectivity index (χ1v) is 11.9. The molecule has 0 radical (unpaired) electrons. The zero-order valence-electron chi connectivity index (χ0n) is 19.0. The van der Waals surface area contributed by atoms with Gasteiger partial charge in [-0.3, -0.25) is 14.3 Å². The number of carbonyl (C=O) groups excluding carboxylic acids is 2. The van der Waals surface area contributed by atoms with E-state index in [0.717, 1.165) is 6.42 Å². The van der Waals surface area contributed by atoms with Crippen LogP contribution in [0, 0.1) is 12.3 Å². The molecule has 9 heteroatoms. The van der Waals surface area contributed by atoms with Crippen LogP contribution < -0.4 is 19.7 Å². The maximum absolute atomic E-state index is 13.1. The Bertz CT molecular complexity index is 1160. The lowest BCUT2D eigenvalue weighted by Gasteiger charge is -2.28. The van der Waals surface area contributed by atoms with Crippen molar-refractivity contribution in [3.8, 4) is 5.75 Å². The van der Waals surface area contributed by atoms with Crippen LogP contribution in [0.25, 0.3) is 0 Å². The van der Waals surface area contributed by atoms with Crippen molar-refractivity contribution in [2.75, 3.05) is 28.1 Å². The molecule has 0 aromatic heterocycles. The third kappa shape index (κ3) is 4.88. The first-order chi connectivity index (χ1) is 14.9. The molecule has 1 heterocycles. The van der Waals surface area contributed by atoms with Gasteiger partial charge in [-0.2, -0.15) is 0 Å². The van der Waals surface area contributed by atoms with Gasteiger partial charge in [0.05, 0.1) is 21.7 Å². The van der Waals surface area contributed by atoms with E-state index in [9.17, 15) is 18.0 Å². The average molecular weight is 460 g/mol. The van der Waals surface area contributed by atoms with E-state index in [2.05, 4.69) is 10.0 Å². The van der Waals surface area contributed by atoms with E-state index in [1.807, 2.05) is 20.8 Å². The van der Waals surface area contributed by atoms with Crippen LogP contribution in [-0.2, 0) is 19.6 Å². The topological polar surface area (TPSA) is 105 Å². The standard InChI is InChI=1S/C23H29N3O5S/c1-6-11-26-19-13-18(7-9-20(19)31-14-23(4,5)22(26)28)25-32(29,30)21-10-8-17(12-15(21)2)24-16(3)27/h7-10,12-13,25H,6,11,14H2,1-5H3,(H,24,27). The van der Waals surface area contributed by atoms with E-state index in [1.165, 1.54) is 19.1 Å². The number of aryl methyl sites for hydroxylation is 1. The van der Waals surface area contributed by atoms with Crippen molar-refractivity contribution in [2.45, 2.75) is 45.9 Å². The highest BCUT2D eigenvalue weighted by molar-refractivity contribution is 7.92. The second-order valence-electron chi connectivity index (χ2n) is 8.58. The van der Waals surface area contributed by atoms with Crippen LogP contribution in [0.2, 0.25) is 0 Å². The molecule has 0 saturated carbocycles. The van der Waals surface area contributed by atoms with Crippen LogP contribution in [-0.4, -0.2) is 33.4 Å². The molecular formula is C23H29N3O5S. The third-order valence-corrected chi connectivity index (χ3v) is 6.69. The molecule has 0 spiro atoms. The molecule has 32 heavy (non-hydrogen) atoms. The Morgan fingerprint density at radius 2 is 1.84 bits per heavy atom. The summed E-state index contributed by atoms with van der Waals surface area (Å²) in [6, 6.07) is 9.51. The lowest BCUT2D eigenvalue weighted by molar-refractivity contribution is -0.127. The number of nitrogens with one attached hydrogen (secondary N) is 2. The normalized spacial score (nSPS) is 15.4. The molecule has 172 valence electrons. The molecule has 0 unspecified atom stereocenters. The fourth-order valence-corrected chi connectivity index (χ4v) is 4.87. The summed E-state index contributed by atoms with van der Waals surface area (Å²) in [5.41, 5.74) is 1.19. The highest BCUT2D eigenvalue weighted by Gasteiger charge is 2.37. The highest BCUT2D eigenvalue weighted by Crippen LogP contribution is 2.38. The molecule has 0 fully saturated rings. The smallest absolute Gasteiger partial charge is 0.262 e. The van der Waals surface area contributed by atoms with Crippen molar-refractivity contribution in [1.82, 2.24) is 0 Å². The Kier molecular flexibility index (Phi) is 6.50. The Labute approximate surface area is 189 Å². The first kappa shape index (κ1) is 23.6. The number of anilines is 3. The minimum absolute atomic E-state index is 0.0671. The number of amides is 2. The summed E-state index contributed by atoms with van der Waals surface area (Å²) in [5.74, 6) is 0.235. The van der Waals surface area contributed by atoms with Crippen LogP contribution in [0.4, 0.5) is 17.1 Å². The number of carbonyl (C=O) groups is 2. The minimum Gasteiger partial charge on any atom is -0.490 e. The number of rotatable bonds is 6. The molecule has 0 bridgehead atoms. The lowest BCUT2D eigenvalue weighted by atomic mass is 9.93. The van der Waals surface area contributed by atoms with Gasteiger partial charge in [-0.1, -0.05) is 6.92 Å². The Morgan fingerprint density at radius 3 is 2.47 bits per heavy atom.